The Morgan fingerprint density at radius 3 is 2.64 bits per heavy atom. The SMILES string of the molecule is C/C(=N/NC(=O)c1cc(-c2ccccc2Cl)n[nH]1)c1ccc(Br)cc1. The molecule has 7 heteroatoms. The van der Waals surface area contributed by atoms with Crippen LogP contribution in [0.2, 0.25) is 5.02 Å². The molecule has 0 fully saturated rings. The molecule has 1 aromatic heterocycles. The van der Waals surface area contributed by atoms with E-state index in [1.165, 1.54) is 0 Å². The maximum Gasteiger partial charge on any atom is 0.289 e. The van der Waals surface area contributed by atoms with Crippen LogP contribution in [0.15, 0.2) is 64.2 Å². The predicted octanol–water partition coefficient (Wildman–Crippen LogP) is 4.65. The van der Waals surface area contributed by atoms with E-state index in [-0.39, 0.29) is 5.91 Å². The lowest BCUT2D eigenvalue weighted by Gasteiger charge is -2.02. The molecule has 0 unspecified atom stereocenters. The third kappa shape index (κ3) is 4.15. The summed E-state index contributed by atoms with van der Waals surface area (Å²) in [5.74, 6) is -0.373. The number of H-pyrrole nitrogens is 1. The van der Waals surface area contributed by atoms with E-state index in [1.807, 2.05) is 49.4 Å². The van der Waals surface area contributed by atoms with Gasteiger partial charge < -0.3 is 0 Å². The third-order valence-corrected chi connectivity index (χ3v) is 4.42. The summed E-state index contributed by atoms with van der Waals surface area (Å²) in [6.07, 6.45) is 0. The Hall–Kier alpha value is -2.44. The summed E-state index contributed by atoms with van der Waals surface area (Å²) in [6, 6.07) is 16.6. The number of benzene rings is 2. The normalized spacial score (nSPS) is 11.4. The van der Waals surface area contributed by atoms with E-state index in [4.69, 9.17) is 11.6 Å². The standard InChI is InChI=1S/C18H14BrClN4O/c1-11(12-6-8-13(19)9-7-12)21-24-18(25)17-10-16(22-23-17)14-4-2-3-5-15(14)20/h2-10H,1H3,(H,22,23)(H,24,25)/b21-11-. The molecule has 126 valence electrons. The zero-order chi connectivity index (χ0) is 17.8. The van der Waals surface area contributed by atoms with Gasteiger partial charge in [0, 0.05) is 10.0 Å². The average Bonchev–Trinajstić information content (AvgIpc) is 3.10. The van der Waals surface area contributed by atoms with Crippen molar-refractivity contribution in [2.24, 2.45) is 5.10 Å². The van der Waals surface area contributed by atoms with Crippen LogP contribution in [-0.4, -0.2) is 21.8 Å². The van der Waals surface area contributed by atoms with Gasteiger partial charge in [-0.25, -0.2) is 5.43 Å². The summed E-state index contributed by atoms with van der Waals surface area (Å²) >= 11 is 9.53. The van der Waals surface area contributed by atoms with Gasteiger partial charge in [-0.2, -0.15) is 10.2 Å². The lowest BCUT2D eigenvalue weighted by atomic mass is 10.1. The molecular formula is C18H14BrClN4O. The highest BCUT2D eigenvalue weighted by atomic mass is 79.9. The Kier molecular flexibility index (Phi) is 5.31. The zero-order valence-electron chi connectivity index (χ0n) is 13.3. The van der Waals surface area contributed by atoms with E-state index < -0.39 is 0 Å². The maximum absolute atomic E-state index is 12.2. The molecule has 2 aromatic carbocycles. The second-order valence-electron chi connectivity index (χ2n) is 5.29. The second kappa shape index (κ2) is 7.63. The number of nitrogens with zero attached hydrogens (tertiary/aromatic N) is 2. The van der Waals surface area contributed by atoms with Crippen molar-refractivity contribution in [2.75, 3.05) is 0 Å². The fourth-order valence-corrected chi connectivity index (χ4v) is 2.69. The monoisotopic (exact) mass is 416 g/mol. The molecule has 0 saturated carbocycles. The molecule has 1 heterocycles. The molecule has 0 atom stereocenters. The topological polar surface area (TPSA) is 70.1 Å². The number of carbonyl (C=O) groups excluding carboxylic acids is 1. The van der Waals surface area contributed by atoms with Crippen molar-refractivity contribution < 1.29 is 4.79 Å². The number of nitrogens with one attached hydrogen (secondary N) is 2. The minimum absolute atomic E-state index is 0.308. The molecule has 1 amide bonds. The Morgan fingerprint density at radius 2 is 1.92 bits per heavy atom. The van der Waals surface area contributed by atoms with Gasteiger partial charge in [0.15, 0.2) is 0 Å². The summed E-state index contributed by atoms with van der Waals surface area (Å²) in [5, 5.41) is 11.5. The molecule has 0 aliphatic heterocycles. The highest BCUT2D eigenvalue weighted by molar-refractivity contribution is 9.10. The van der Waals surface area contributed by atoms with E-state index in [1.54, 1.807) is 12.1 Å². The van der Waals surface area contributed by atoms with Crippen LogP contribution in [0.3, 0.4) is 0 Å². The van der Waals surface area contributed by atoms with Gasteiger partial charge in [0.1, 0.15) is 5.69 Å². The van der Waals surface area contributed by atoms with Crippen molar-refractivity contribution in [1.29, 1.82) is 0 Å². The van der Waals surface area contributed by atoms with E-state index in [0.29, 0.717) is 22.1 Å². The van der Waals surface area contributed by atoms with Crippen molar-refractivity contribution >= 4 is 39.1 Å². The first-order valence-electron chi connectivity index (χ1n) is 7.45. The molecule has 0 aliphatic rings. The number of halogens is 2. The van der Waals surface area contributed by atoms with Gasteiger partial charge in [-0.3, -0.25) is 9.89 Å². The van der Waals surface area contributed by atoms with Crippen LogP contribution in [0.5, 0.6) is 0 Å². The lowest BCUT2D eigenvalue weighted by molar-refractivity contribution is 0.0950. The molecule has 0 radical (unpaired) electrons. The molecule has 3 rings (SSSR count). The van der Waals surface area contributed by atoms with Crippen LogP contribution in [0.1, 0.15) is 23.0 Å². The van der Waals surface area contributed by atoms with E-state index in [2.05, 4.69) is 36.7 Å². The number of hydrazone groups is 1. The number of carbonyl (C=O) groups is 1. The number of hydrogen-bond acceptors (Lipinski definition) is 3. The first-order chi connectivity index (χ1) is 12.0. The summed E-state index contributed by atoms with van der Waals surface area (Å²) in [6.45, 7) is 1.83. The van der Waals surface area contributed by atoms with E-state index >= 15 is 0 Å². The van der Waals surface area contributed by atoms with E-state index in [9.17, 15) is 4.79 Å². The first-order valence-corrected chi connectivity index (χ1v) is 8.62. The Labute approximate surface area is 158 Å². The van der Waals surface area contributed by atoms with Crippen LogP contribution in [0.25, 0.3) is 11.3 Å². The Morgan fingerprint density at radius 1 is 1.20 bits per heavy atom. The highest BCUT2D eigenvalue weighted by Crippen LogP contribution is 2.26. The summed E-state index contributed by atoms with van der Waals surface area (Å²) in [4.78, 5) is 12.2. The number of hydrogen-bond donors (Lipinski definition) is 2. The van der Waals surface area contributed by atoms with Gasteiger partial charge in [0.25, 0.3) is 5.91 Å². The zero-order valence-corrected chi connectivity index (χ0v) is 15.6. The van der Waals surface area contributed by atoms with Crippen LogP contribution < -0.4 is 5.43 Å². The lowest BCUT2D eigenvalue weighted by Crippen LogP contribution is -2.19. The van der Waals surface area contributed by atoms with Crippen LogP contribution >= 0.6 is 27.5 Å². The van der Waals surface area contributed by atoms with Gasteiger partial charge in [-0.1, -0.05) is 57.9 Å². The second-order valence-corrected chi connectivity index (χ2v) is 6.61. The average molecular weight is 418 g/mol. The smallest absolute Gasteiger partial charge is 0.272 e. The first kappa shape index (κ1) is 17.4. The van der Waals surface area contributed by atoms with Gasteiger partial charge in [-0.05, 0) is 36.8 Å². The van der Waals surface area contributed by atoms with Gasteiger partial charge in [-0.15, -0.1) is 0 Å². The van der Waals surface area contributed by atoms with Crippen molar-refractivity contribution in [3.63, 3.8) is 0 Å². The minimum atomic E-state index is -0.373. The van der Waals surface area contributed by atoms with Crippen molar-refractivity contribution in [1.82, 2.24) is 15.6 Å². The predicted molar refractivity (Wildman–Crippen MR) is 103 cm³/mol. The molecule has 0 aliphatic carbocycles. The van der Waals surface area contributed by atoms with Gasteiger partial charge in [0.2, 0.25) is 0 Å². The number of rotatable bonds is 4. The fraction of sp³-hybridized carbons (Fsp3) is 0.0556. The molecule has 0 bridgehead atoms. The molecule has 0 saturated heterocycles. The molecule has 3 aromatic rings. The molecular weight excluding hydrogens is 404 g/mol. The maximum atomic E-state index is 12.2. The van der Waals surface area contributed by atoms with Crippen molar-refractivity contribution in [3.05, 3.63) is 75.4 Å². The summed E-state index contributed by atoms with van der Waals surface area (Å²) in [7, 11) is 0. The van der Waals surface area contributed by atoms with Crippen molar-refractivity contribution in [3.8, 4) is 11.3 Å². The van der Waals surface area contributed by atoms with Crippen LogP contribution in [0, 0.1) is 0 Å². The summed E-state index contributed by atoms with van der Waals surface area (Å²) in [5.41, 5.74) is 5.81. The summed E-state index contributed by atoms with van der Waals surface area (Å²) < 4.78 is 0.984. The van der Waals surface area contributed by atoms with Gasteiger partial charge >= 0.3 is 0 Å². The van der Waals surface area contributed by atoms with Crippen LogP contribution in [-0.2, 0) is 0 Å². The van der Waals surface area contributed by atoms with Gasteiger partial charge in [0.05, 0.1) is 16.4 Å². The third-order valence-electron chi connectivity index (χ3n) is 3.56. The molecule has 25 heavy (non-hydrogen) atoms. The Bertz CT molecular complexity index is 934. The molecule has 2 N–H and O–H groups in total. The fourth-order valence-electron chi connectivity index (χ4n) is 2.20. The quantitative estimate of drug-likeness (QED) is 0.479. The van der Waals surface area contributed by atoms with Crippen molar-refractivity contribution in [2.45, 2.75) is 6.92 Å². The minimum Gasteiger partial charge on any atom is -0.272 e. The Balaban J connectivity index is 1.73. The molecule has 0 spiro atoms. The largest absolute Gasteiger partial charge is 0.289 e. The van der Waals surface area contributed by atoms with E-state index in [0.717, 1.165) is 15.6 Å². The number of amides is 1. The number of aromatic amines is 1. The number of aromatic nitrogens is 2. The molecule has 5 nitrogen and oxygen atoms in total. The highest BCUT2D eigenvalue weighted by Gasteiger charge is 2.12. The van der Waals surface area contributed by atoms with Crippen LogP contribution in [0.4, 0.5) is 0 Å².